The van der Waals surface area contributed by atoms with E-state index in [4.69, 9.17) is 4.74 Å². The van der Waals surface area contributed by atoms with E-state index >= 15 is 0 Å². The largest absolute Gasteiger partial charge is 0.496 e. The molecule has 1 unspecified atom stereocenters. The minimum atomic E-state index is -0.390. The van der Waals surface area contributed by atoms with Crippen LogP contribution < -0.4 is 15.4 Å². The first kappa shape index (κ1) is 21.0. The standard InChI is InChI=1S/C22H27F2N3O2/c1-15(20-13-18(24)7-8-21(20)29-2)25-22(28)26-19-9-11-27(12-10-19)14-16-3-5-17(23)6-4-16/h3-8,13,15,19H,9-12,14H2,1-2H3,(H2,25,26,28). The molecule has 0 spiro atoms. The monoisotopic (exact) mass is 403 g/mol. The molecule has 2 aromatic carbocycles. The molecule has 156 valence electrons. The summed E-state index contributed by atoms with van der Waals surface area (Å²) in [5.74, 6) is -0.0653. The summed E-state index contributed by atoms with van der Waals surface area (Å²) in [7, 11) is 1.52. The van der Waals surface area contributed by atoms with Crippen molar-refractivity contribution in [3.05, 3.63) is 65.2 Å². The predicted octanol–water partition coefficient (Wildman–Crippen LogP) is 4.00. The van der Waals surface area contributed by atoms with Crippen molar-refractivity contribution in [2.75, 3.05) is 20.2 Å². The molecule has 1 aliphatic heterocycles. The Morgan fingerprint density at radius 3 is 2.45 bits per heavy atom. The lowest BCUT2D eigenvalue weighted by molar-refractivity contribution is 0.186. The van der Waals surface area contributed by atoms with E-state index in [0.717, 1.165) is 38.0 Å². The fourth-order valence-electron chi connectivity index (χ4n) is 3.63. The zero-order valence-electron chi connectivity index (χ0n) is 16.8. The first-order valence-corrected chi connectivity index (χ1v) is 9.82. The Labute approximate surface area is 170 Å². The van der Waals surface area contributed by atoms with Crippen molar-refractivity contribution >= 4 is 6.03 Å². The SMILES string of the molecule is COc1ccc(F)cc1C(C)NC(=O)NC1CCN(Cc2ccc(F)cc2)CC1. The number of nitrogens with zero attached hydrogens (tertiary/aromatic N) is 1. The molecule has 1 saturated heterocycles. The Hall–Kier alpha value is -2.67. The number of carbonyl (C=O) groups excluding carboxylic acids is 1. The highest BCUT2D eigenvalue weighted by molar-refractivity contribution is 5.74. The van der Waals surface area contributed by atoms with Gasteiger partial charge < -0.3 is 15.4 Å². The van der Waals surface area contributed by atoms with E-state index in [-0.39, 0.29) is 29.7 Å². The molecule has 2 amide bonds. The molecular weight excluding hydrogens is 376 g/mol. The zero-order valence-corrected chi connectivity index (χ0v) is 16.8. The number of halogens is 2. The number of methoxy groups -OCH3 is 1. The lowest BCUT2D eigenvalue weighted by Crippen LogP contribution is -2.48. The average molecular weight is 403 g/mol. The van der Waals surface area contributed by atoms with E-state index in [1.807, 2.05) is 0 Å². The van der Waals surface area contributed by atoms with Gasteiger partial charge in [0.05, 0.1) is 13.2 Å². The van der Waals surface area contributed by atoms with Crippen LogP contribution in [0.4, 0.5) is 13.6 Å². The normalized spacial score (nSPS) is 16.3. The fraction of sp³-hybridized carbons (Fsp3) is 0.409. The molecule has 2 aromatic rings. The first-order chi connectivity index (χ1) is 13.9. The van der Waals surface area contributed by atoms with Gasteiger partial charge in [-0.05, 0) is 55.7 Å². The minimum Gasteiger partial charge on any atom is -0.496 e. The van der Waals surface area contributed by atoms with Crippen LogP contribution in [0.1, 0.15) is 36.9 Å². The molecular formula is C22H27F2N3O2. The van der Waals surface area contributed by atoms with Gasteiger partial charge >= 0.3 is 6.03 Å². The second kappa shape index (κ2) is 9.69. The van der Waals surface area contributed by atoms with E-state index in [1.165, 1.54) is 31.4 Å². The van der Waals surface area contributed by atoms with Crippen LogP contribution in [0.3, 0.4) is 0 Å². The molecule has 2 N–H and O–H groups in total. The van der Waals surface area contributed by atoms with Crippen LogP contribution >= 0.6 is 0 Å². The number of carbonyl (C=O) groups is 1. The van der Waals surface area contributed by atoms with E-state index in [2.05, 4.69) is 15.5 Å². The van der Waals surface area contributed by atoms with Crippen molar-refractivity contribution in [1.82, 2.24) is 15.5 Å². The summed E-state index contributed by atoms with van der Waals surface area (Å²) < 4.78 is 31.8. The maximum Gasteiger partial charge on any atom is 0.315 e. The number of urea groups is 1. The van der Waals surface area contributed by atoms with E-state index in [1.54, 1.807) is 25.1 Å². The third-order valence-electron chi connectivity index (χ3n) is 5.25. The highest BCUT2D eigenvalue weighted by Crippen LogP contribution is 2.25. The van der Waals surface area contributed by atoms with Crippen LogP contribution in [-0.4, -0.2) is 37.2 Å². The van der Waals surface area contributed by atoms with Gasteiger partial charge in [-0.2, -0.15) is 0 Å². The Morgan fingerprint density at radius 2 is 1.79 bits per heavy atom. The van der Waals surface area contributed by atoms with Gasteiger partial charge in [-0.25, -0.2) is 13.6 Å². The molecule has 0 aliphatic carbocycles. The quantitative estimate of drug-likeness (QED) is 0.767. The Morgan fingerprint density at radius 1 is 1.14 bits per heavy atom. The van der Waals surface area contributed by atoms with Crippen LogP contribution in [0, 0.1) is 11.6 Å². The number of hydrogen-bond donors (Lipinski definition) is 2. The van der Waals surface area contributed by atoms with Crippen LogP contribution in [-0.2, 0) is 6.54 Å². The molecule has 5 nitrogen and oxygen atoms in total. The molecule has 1 fully saturated rings. The van der Waals surface area contributed by atoms with Crippen molar-refractivity contribution in [3.63, 3.8) is 0 Å². The van der Waals surface area contributed by atoms with Gasteiger partial charge in [0.15, 0.2) is 0 Å². The van der Waals surface area contributed by atoms with Crippen LogP contribution in [0.5, 0.6) is 5.75 Å². The van der Waals surface area contributed by atoms with Gasteiger partial charge in [0.25, 0.3) is 0 Å². The maximum absolute atomic E-state index is 13.6. The molecule has 0 saturated carbocycles. The van der Waals surface area contributed by atoms with Crippen molar-refractivity contribution in [2.24, 2.45) is 0 Å². The number of benzene rings is 2. The first-order valence-electron chi connectivity index (χ1n) is 9.82. The third-order valence-corrected chi connectivity index (χ3v) is 5.25. The maximum atomic E-state index is 13.6. The van der Waals surface area contributed by atoms with E-state index in [0.29, 0.717) is 11.3 Å². The smallest absolute Gasteiger partial charge is 0.315 e. The van der Waals surface area contributed by atoms with E-state index < -0.39 is 0 Å². The highest BCUT2D eigenvalue weighted by Gasteiger charge is 2.22. The average Bonchev–Trinajstić information content (AvgIpc) is 2.71. The number of ether oxygens (including phenoxy) is 1. The number of likely N-dealkylation sites (tertiary alicyclic amines) is 1. The van der Waals surface area contributed by atoms with Gasteiger partial charge in [-0.3, -0.25) is 4.90 Å². The van der Waals surface area contributed by atoms with Crippen molar-refractivity contribution in [3.8, 4) is 5.75 Å². The summed E-state index contributed by atoms with van der Waals surface area (Å²) in [6.45, 7) is 4.28. The van der Waals surface area contributed by atoms with Gasteiger partial charge in [0.2, 0.25) is 0 Å². The van der Waals surface area contributed by atoms with Crippen LogP contribution in [0.15, 0.2) is 42.5 Å². The van der Waals surface area contributed by atoms with Crippen LogP contribution in [0.25, 0.3) is 0 Å². The van der Waals surface area contributed by atoms with Gasteiger partial charge in [-0.1, -0.05) is 12.1 Å². The summed E-state index contributed by atoms with van der Waals surface area (Å²) in [4.78, 5) is 14.7. The number of hydrogen-bond acceptors (Lipinski definition) is 3. The van der Waals surface area contributed by atoms with E-state index in [9.17, 15) is 13.6 Å². The second-order valence-electron chi connectivity index (χ2n) is 7.40. The molecule has 1 atom stereocenters. The topological polar surface area (TPSA) is 53.6 Å². The van der Waals surface area contributed by atoms with Crippen molar-refractivity contribution < 1.29 is 18.3 Å². The Kier molecular flexibility index (Phi) is 7.04. The molecule has 1 aliphatic rings. The minimum absolute atomic E-state index is 0.0843. The number of amides is 2. The summed E-state index contributed by atoms with van der Waals surface area (Å²) in [5.41, 5.74) is 1.67. The van der Waals surface area contributed by atoms with Gasteiger partial charge in [0, 0.05) is 31.2 Å². The molecule has 1 heterocycles. The summed E-state index contributed by atoms with van der Waals surface area (Å²) in [6.07, 6.45) is 1.68. The molecule has 0 radical (unpaired) electrons. The molecule has 3 rings (SSSR count). The number of piperidine rings is 1. The molecule has 29 heavy (non-hydrogen) atoms. The molecule has 7 heteroatoms. The highest BCUT2D eigenvalue weighted by atomic mass is 19.1. The van der Waals surface area contributed by atoms with Gasteiger partial charge in [-0.15, -0.1) is 0 Å². The van der Waals surface area contributed by atoms with Crippen molar-refractivity contribution in [1.29, 1.82) is 0 Å². The Bertz CT molecular complexity index is 821. The fourth-order valence-corrected chi connectivity index (χ4v) is 3.63. The number of nitrogens with one attached hydrogen (secondary N) is 2. The summed E-state index contributed by atoms with van der Waals surface area (Å²) in [6, 6.07) is 10.2. The number of rotatable bonds is 6. The predicted molar refractivity (Wildman–Crippen MR) is 108 cm³/mol. The zero-order chi connectivity index (χ0) is 20.8. The van der Waals surface area contributed by atoms with Crippen LogP contribution in [0.2, 0.25) is 0 Å². The Balaban J connectivity index is 1.46. The second-order valence-corrected chi connectivity index (χ2v) is 7.40. The summed E-state index contributed by atoms with van der Waals surface area (Å²) in [5, 5.41) is 5.86. The summed E-state index contributed by atoms with van der Waals surface area (Å²) >= 11 is 0. The van der Waals surface area contributed by atoms with Gasteiger partial charge in [0.1, 0.15) is 17.4 Å². The van der Waals surface area contributed by atoms with Crippen molar-refractivity contribution in [2.45, 2.75) is 38.4 Å². The lowest BCUT2D eigenvalue weighted by Gasteiger charge is -2.32. The molecule has 0 aromatic heterocycles. The third kappa shape index (κ3) is 5.90. The lowest BCUT2D eigenvalue weighted by atomic mass is 10.0. The molecule has 0 bridgehead atoms.